The van der Waals surface area contributed by atoms with Crippen molar-refractivity contribution in [3.05, 3.63) is 40.6 Å². The number of hydrogen-bond donors (Lipinski definition) is 1. The summed E-state index contributed by atoms with van der Waals surface area (Å²) >= 11 is 5.87. The predicted molar refractivity (Wildman–Crippen MR) is 89.2 cm³/mol. The van der Waals surface area contributed by atoms with E-state index in [1.807, 2.05) is 6.92 Å². The molecule has 0 bridgehead atoms. The maximum atomic E-state index is 12.0. The summed E-state index contributed by atoms with van der Waals surface area (Å²) in [7, 11) is 1.52. The van der Waals surface area contributed by atoms with Gasteiger partial charge in [0.1, 0.15) is 11.5 Å². The molecule has 0 atom stereocenters. The van der Waals surface area contributed by atoms with E-state index in [9.17, 15) is 9.59 Å². The minimum Gasteiger partial charge on any atom is -0.483 e. The molecule has 0 spiro atoms. The normalized spacial score (nSPS) is 10.3. The van der Waals surface area contributed by atoms with Gasteiger partial charge < -0.3 is 19.5 Å². The highest BCUT2D eigenvalue weighted by atomic mass is 35.5. The van der Waals surface area contributed by atoms with Crippen molar-refractivity contribution in [3.63, 3.8) is 0 Å². The first-order valence-electron chi connectivity index (χ1n) is 7.21. The fourth-order valence-corrected chi connectivity index (χ4v) is 2.16. The van der Waals surface area contributed by atoms with Crippen LogP contribution in [0.25, 0.3) is 0 Å². The molecule has 7 nitrogen and oxygen atoms in total. The summed E-state index contributed by atoms with van der Waals surface area (Å²) in [5.74, 6) is 0.772. The molecule has 0 saturated carbocycles. The third-order valence-corrected chi connectivity index (χ3v) is 3.43. The molecule has 8 heteroatoms. The molecule has 0 aliphatic carbocycles. The highest BCUT2D eigenvalue weighted by Gasteiger charge is 2.15. The second-order valence-electron chi connectivity index (χ2n) is 5.32. The lowest BCUT2D eigenvalue weighted by Crippen LogP contribution is -2.37. The number of carbonyl (C=O) groups excluding carboxylic acids is 2. The zero-order valence-electron chi connectivity index (χ0n) is 13.6. The van der Waals surface area contributed by atoms with Gasteiger partial charge in [0.05, 0.1) is 6.54 Å². The Morgan fingerprint density at radius 3 is 2.71 bits per heavy atom. The summed E-state index contributed by atoms with van der Waals surface area (Å²) < 4.78 is 10.3. The van der Waals surface area contributed by atoms with Gasteiger partial charge in [-0.3, -0.25) is 9.59 Å². The zero-order chi connectivity index (χ0) is 17.7. The number of hydrogen-bond acceptors (Lipinski definition) is 5. The van der Waals surface area contributed by atoms with Crippen molar-refractivity contribution in [2.24, 2.45) is 0 Å². The fourth-order valence-electron chi connectivity index (χ4n) is 1.94. The molecule has 2 rings (SSSR count). The fraction of sp³-hybridized carbons (Fsp3) is 0.312. The van der Waals surface area contributed by atoms with E-state index in [0.717, 1.165) is 5.56 Å². The number of nitrogens with one attached hydrogen (secondary N) is 1. The van der Waals surface area contributed by atoms with E-state index in [1.54, 1.807) is 31.2 Å². The van der Waals surface area contributed by atoms with Gasteiger partial charge in [-0.1, -0.05) is 16.8 Å². The van der Waals surface area contributed by atoms with Crippen LogP contribution in [0.3, 0.4) is 0 Å². The van der Waals surface area contributed by atoms with Crippen LogP contribution in [-0.2, 0) is 9.59 Å². The molecule has 1 aromatic carbocycles. The Hall–Kier alpha value is -2.54. The maximum Gasteiger partial charge on any atom is 0.260 e. The van der Waals surface area contributed by atoms with Crippen molar-refractivity contribution in [2.75, 3.05) is 25.5 Å². The number of halogens is 1. The van der Waals surface area contributed by atoms with Gasteiger partial charge in [0.15, 0.2) is 12.4 Å². The number of likely N-dealkylation sites (N-methyl/N-ethyl adjacent to an activating group) is 1. The lowest BCUT2D eigenvalue weighted by Gasteiger charge is -2.17. The van der Waals surface area contributed by atoms with Crippen molar-refractivity contribution in [1.29, 1.82) is 0 Å². The van der Waals surface area contributed by atoms with Crippen molar-refractivity contribution in [1.82, 2.24) is 10.1 Å². The van der Waals surface area contributed by atoms with Crippen LogP contribution in [0.4, 0.5) is 5.82 Å². The van der Waals surface area contributed by atoms with Crippen LogP contribution in [0.5, 0.6) is 5.75 Å². The molecule has 0 fully saturated rings. The lowest BCUT2D eigenvalue weighted by molar-refractivity contribution is -0.135. The maximum absolute atomic E-state index is 12.0. The molecule has 0 saturated heterocycles. The minimum absolute atomic E-state index is 0.117. The second kappa shape index (κ2) is 7.83. The number of aromatic nitrogens is 1. The average Bonchev–Trinajstić information content (AvgIpc) is 2.90. The molecule has 1 N–H and O–H groups in total. The Morgan fingerprint density at radius 1 is 1.33 bits per heavy atom. The number of carbonyl (C=O) groups is 2. The number of aryl methyl sites for hydroxylation is 2. The molecule has 2 amide bonds. The van der Waals surface area contributed by atoms with Gasteiger partial charge in [-0.15, -0.1) is 0 Å². The molecule has 128 valence electrons. The van der Waals surface area contributed by atoms with E-state index in [2.05, 4.69) is 10.5 Å². The molecular weight excluding hydrogens is 334 g/mol. The largest absolute Gasteiger partial charge is 0.483 e. The number of rotatable bonds is 6. The molecular formula is C16H18ClN3O4. The predicted octanol–water partition coefficient (Wildman–Crippen LogP) is 2.42. The second-order valence-corrected chi connectivity index (χ2v) is 5.76. The number of benzene rings is 1. The number of amides is 2. The Balaban J connectivity index is 1.82. The SMILES string of the molecule is Cc1cc(NC(=O)CN(C)C(=O)COc2ccc(Cl)cc2C)no1. The number of ether oxygens (including phenoxy) is 1. The van der Waals surface area contributed by atoms with Crippen LogP contribution in [0, 0.1) is 13.8 Å². The molecule has 0 aliphatic heterocycles. The highest BCUT2D eigenvalue weighted by Crippen LogP contribution is 2.21. The number of nitrogens with zero attached hydrogens (tertiary/aromatic N) is 2. The third kappa shape index (κ3) is 4.99. The Morgan fingerprint density at radius 2 is 2.08 bits per heavy atom. The topological polar surface area (TPSA) is 84.7 Å². The number of anilines is 1. The Bertz CT molecular complexity index is 745. The van der Waals surface area contributed by atoms with Gasteiger partial charge in [-0.05, 0) is 37.6 Å². The summed E-state index contributed by atoms with van der Waals surface area (Å²) in [5, 5.41) is 6.80. The molecule has 1 heterocycles. The lowest BCUT2D eigenvalue weighted by atomic mass is 10.2. The first-order valence-corrected chi connectivity index (χ1v) is 7.59. The summed E-state index contributed by atoms with van der Waals surface area (Å²) in [6.07, 6.45) is 0. The standard InChI is InChI=1S/C16H18ClN3O4/c1-10-6-12(17)4-5-13(10)23-9-16(22)20(3)8-15(21)18-14-7-11(2)24-19-14/h4-7H,8-9H2,1-3H3,(H,18,19,21). The van der Waals surface area contributed by atoms with Crippen LogP contribution in [0.2, 0.25) is 5.02 Å². The summed E-state index contributed by atoms with van der Waals surface area (Å²) in [5.41, 5.74) is 0.831. The van der Waals surface area contributed by atoms with Gasteiger partial charge in [-0.25, -0.2) is 0 Å². The van der Waals surface area contributed by atoms with E-state index in [1.165, 1.54) is 11.9 Å². The van der Waals surface area contributed by atoms with Crippen LogP contribution in [0.1, 0.15) is 11.3 Å². The minimum atomic E-state index is -0.373. The zero-order valence-corrected chi connectivity index (χ0v) is 14.4. The van der Waals surface area contributed by atoms with Crippen LogP contribution >= 0.6 is 11.6 Å². The van der Waals surface area contributed by atoms with Gasteiger partial charge in [0.25, 0.3) is 5.91 Å². The van der Waals surface area contributed by atoms with Crippen molar-refractivity contribution < 1.29 is 18.8 Å². The Labute approximate surface area is 144 Å². The first kappa shape index (κ1) is 17.8. The van der Waals surface area contributed by atoms with E-state index in [-0.39, 0.29) is 25.0 Å². The third-order valence-electron chi connectivity index (χ3n) is 3.19. The summed E-state index contributed by atoms with van der Waals surface area (Å²) in [4.78, 5) is 25.2. The van der Waals surface area contributed by atoms with Crippen molar-refractivity contribution >= 4 is 29.2 Å². The summed E-state index contributed by atoms with van der Waals surface area (Å²) in [6.45, 7) is 3.26. The van der Waals surface area contributed by atoms with Gasteiger partial charge in [-0.2, -0.15) is 0 Å². The molecule has 2 aromatic rings. The first-order chi connectivity index (χ1) is 11.3. The quantitative estimate of drug-likeness (QED) is 0.864. The van der Waals surface area contributed by atoms with Crippen LogP contribution in [-0.4, -0.2) is 42.1 Å². The highest BCUT2D eigenvalue weighted by molar-refractivity contribution is 6.30. The van der Waals surface area contributed by atoms with Crippen LogP contribution < -0.4 is 10.1 Å². The average molecular weight is 352 g/mol. The molecule has 24 heavy (non-hydrogen) atoms. The molecule has 0 aliphatic rings. The van der Waals surface area contributed by atoms with Crippen molar-refractivity contribution in [2.45, 2.75) is 13.8 Å². The molecule has 0 unspecified atom stereocenters. The van der Waals surface area contributed by atoms with Crippen molar-refractivity contribution in [3.8, 4) is 5.75 Å². The van der Waals surface area contributed by atoms with Crippen LogP contribution in [0.15, 0.2) is 28.8 Å². The van der Waals surface area contributed by atoms with E-state index >= 15 is 0 Å². The Kier molecular flexibility index (Phi) is 5.81. The smallest absolute Gasteiger partial charge is 0.260 e. The van der Waals surface area contributed by atoms with E-state index in [0.29, 0.717) is 22.4 Å². The van der Waals surface area contributed by atoms with E-state index < -0.39 is 0 Å². The van der Waals surface area contributed by atoms with Gasteiger partial charge in [0, 0.05) is 18.1 Å². The molecule has 1 aromatic heterocycles. The summed E-state index contributed by atoms with van der Waals surface area (Å²) in [6, 6.07) is 6.72. The van der Waals surface area contributed by atoms with Gasteiger partial charge >= 0.3 is 0 Å². The molecule has 0 radical (unpaired) electrons. The van der Waals surface area contributed by atoms with Gasteiger partial charge in [0.2, 0.25) is 5.91 Å². The monoisotopic (exact) mass is 351 g/mol. The van der Waals surface area contributed by atoms with E-state index in [4.69, 9.17) is 20.9 Å².